The van der Waals surface area contributed by atoms with Crippen LogP contribution in [0.5, 0.6) is 5.75 Å². The monoisotopic (exact) mass is 367 g/mol. The zero-order valence-corrected chi connectivity index (χ0v) is 15.1. The maximum absolute atomic E-state index is 13.6. The lowest BCUT2D eigenvalue weighted by atomic mass is 10.0. The Hall–Kier alpha value is -1.93. The smallest absolute Gasteiger partial charge is 0.246 e. The Balaban J connectivity index is 1.70. The van der Waals surface area contributed by atoms with Crippen LogP contribution >= 0.6 is 0 Å². The first-order chi connectivity index (χ1) is 11.9. The zero-order valence-electron chi connectivity index (χ0n) is 14.3. The third-order valence-electron chi connectivity index (χ3n) is 4.45. The third-order valence-corrected chi connectivity index (χ3v) is 6.58. The highest BCUT2D eigenvalue weighted by Gasteiger charge is 2.33. The summed E-state index contributed by atoms with van der Waals surface area (Å²) in [5.41, 5.74) is 1.02. The van der Waals surface area contributed by atoms with E-state index < -0.39 is 15.8 Å². The Morgan fingerprint density at radius 2 is 2.12 bits per heavy atom. The number of aryl methyl sites for hydroxylation is 2. The lowest BCUT2D eigenvalue weighted by Crippen LogP contribution is -2.41. The standard InChI is InChI=1S/C17H22FN3O3S/c1-12-17(13(2)20-19-12)25(22,23)21-9-5-6-14(10-21)11-24-16-8-4-3-7-15(16)18/h3-4,7-8,14H,5-6,9-11H2,1-2H3,(H,19,20). The number of piperidine rings is 1. The van der Waals surface area contributed by atoms with Gasteiger partial charge in [-0.05, 0) is 38.8 Å². The minimum atomic E-state index is -3.59. The van der Waals surface area contributed by atoms with Gasteiger partial charge in [0.05, 0.1) is 18.0 Å². The van der Waals surface area contributed by atoms with Gasteiger partial charge in [0.25, 0.3) is 0 Å². The average molecular weight is 367 g/mol. The van der Waals surface area contributed by atoms with Gasteiger partial charge in [0.1, 0.15) is 4.90 Å². The molecule has 1 saturated heterocycles. The lowest BCUT2D eigenvalue weighted by molar-refractivity contribution is 0.176. The van der Waals surface area contributed by atoms with Crippen LogP contribution in [0, 0.1) is 25.6 Å². The quantitative estimate of drug-likeness (QED) is 0.882. The Morgan fingerprint density at radius 1 is 1.36 bits per heavy atom. The first-order valence-corrected chi connectivity index (χ1v) is 9.72. The maximum atomic E-state index is 13.6. The zero-order chi connectivity index (χ0) is 18.0. The molecule has 0 radical (unpaired) electrons. The molecule has 2 aromatic rings. The number of hydrogen-bond acceptors (Lipinski definition) is 4. The van der Waals surface area contributed by atoms with Gasteiger partial charge in [-0.15, -0.1) is 0 Å². The number of aromatic nitrogens is 2. The molecule has 1 N–H and O–H groups in total. The number of nitrogens with zero attached hydrogens (tertiary/aromatic N) is 2. The molecular weight excluding hydrogens is 345 g/mol. The summed E-state index contributed by atoms with van der Waals surface area (Å²) in [6.45, 7) is 4.51. The predicted octanol–water partition coefficient (Wildman–Crippen LogP) is 2.65. The number of halogens is 1. The molecule has 0 aliphatic carbocycles. The van der Waals surface area contributed by atoms with Gasteiger partial charge in [-0.25, -0.2) is 12.8 Å². The summed E-state index contributed by atoms with van der Waals surface area (Å²) in [5, 5.41) is 6.71. The second kappa shape index (κ2) is 7.13. The fraction of sp³-hybridized carbons (Fsp3) is 0.471. The maximum Gasteiger partial charge on any atom is 0.246 e. The number of nitrogens with one attached hydrogen (secondary N) is 1. The van der Waals surface area contributed by atoms with E-state index >= 15 is 0 Å². The molecule has 6 nitrogen and oxygen atoms in total. The molecule has 136 valence electrons. The Labute approximate surface area is 147 Å². The summed E-state index contributed by atoms with van der Waals surface area (Å²) in [6, 6.07) is 6.23. The number of sulfonamides is 1. The van der Waals surface area contributed by atoms with Crippen molar-refractivity contribution in [2.75, 3.05) is 19.7 Å². The van der Waals surface area contributed by atoms with E-state index in [2.05, 4.69) is 10.2 Å². The number of hydrogen-bond donors (Lipinski definition) is 1. The molecule has 1 unspecified atom stereocenters. The second-order valence-electron chi connectivity index (χ2n) is 6.38. The van der Waals surface area contributed by atoms with Gasteiger partial charge < -0.3 is 4.74 Å². The molecular formula is C17H22FN3O3S. The van der Waals surface area contributed by atoms with Crippen molar-refractivity contribution in [1.29, 1.82) is 0 Å². The minimum absolute atomic E-state index is 0.0237. The fourth-order valence-corrected chi connectivity index (χ4v) is 5.09. The molecule has 0 spiro atoms. The van der Waals surface area contributed by atoms with Gasteiger partial charge in [0.15, 0.2) is 11.6 Å². The van der Waals surface area contributed by atoms with Crippen LogP contribution in [-0.4, -0.2) is 42.6 Å². The third kappa shape index (κ3) is 3.69. The molecule has 1 fully saturated rings. The van der Waals surface area contributed by atoms with E-state index in [1.807, 2.05) is 0 Å². The molecule has 3 rings (SSSR count). The Morgan fingerprint density at radius 3 is 2.80 bits per heavy atom. The molecule has 1 atom stereocenters. The molecule has 8 heteroatoms. The van der Waals surface area contributed by atoms with E-state index in [0.717, 1.165) is 12.8 Å². The summed E-state index contributed by atoms with van der Waals surface area (Å²) in [4.78, 5) is 0.253. The normalized spacial score (nSPS) is 19.1. The van der Waals surface area contributed by atoms with Crippen molar-refractivity contribution >= 4 is 10.0 Å². The van der Waals surface area contributed by atoms with Crippen LogP contribution in [0.25, 0.3) is 0 Å². The molecule has 0 saturated carbocycles. The van der Waals surface area contributed by atoms with Crippen molar-refractivity contribution in [3.8, 4) is 5.75 Å². The summed E-state index contributed by atoms with van der Waals surface area (Å²) in [6.07, 6.45) is 1.60. The average Bonchev–Trinajstić information content (AvgIpc) is 2.94. The summed E-state index contributed by atoms with van der Waals surface area (Å²) < 4.78 is 46.5. The van der Waals surface area contributed by atoms with Gasteiger partial charge in [-0.1, -0.05) is 12.1 Å². The SMILES string of the molecule is Cc1n[nH]c(C)c1S(=O)(=O)N1CCCC(COc2ccccc2F)C1. The van der Waals surface area contributed by atoms with Crippen LogP contribution in [0.4, 0.5) is 4.39 Å². The summed E-state index contributed by atoms with van der Waals surface area (Å²) in [7, 11) is -3.59. The highest BCUT2D eigenvalue weighted by molar-refractivity contribution is 7.89. The van der Waals surface area contributed by atoms with Crippen LogP contribution in [0.2, 0.25) is 0 Å². The summed E-state index contributed by atoms with van der Waals surface area (Å²) in [5.74, 6) is -0.188. The molecule has 1 aliphatic rings. The number of ether oxygens (including phenoxy) is 1. The highest BCUT2D eigenvalue weighted by Crippen LogP contribution is 2.27. The van der Waals surface area contributed by atoms with Crippen molar-refractivity contribution in [1.82, 2.24) is 14.5 Å². The fourth-order valence-electron chi connectivity index (χ4n) is 3.20. The Kier molecular flexibility index (Phi) is 5.10. The van der Waals surface area contributed by atoms with Gasteiger partial charge in [0, 0.05) is 19.0 Å². The van der Waals surface area contributed by atoms with E-state index in [1.165, 1.54) is 10.4 Å². The van der Waals surface area contributed by atoms with Crippen LogP contribution in [-0.2, 0) is 10.0 Å². The van der Waals surface area contributed by atoms with E-state index in [4.69, 9.17) is 4.74 Å². The molecule has 2 heterocycles. The topological polar surface area (TPSA) is 75.3 Å². The van der Waals surface area contributed by atoms with Crippen LogP contribution in [0.1, 0.15) is 24.2 Å². The van der Waals surface area contributed by atoms with Gasteiger partial charge in [-0.2, -0.15) is 9.40 Å². The largest absolute Gasteiger partial charge is 0.490 e. The second-order valence-corrected chi connectivity index (χ2v) is 8.25. The van der Waals surface area contributed by atoms with Gasteiger partial charge >= 0.3 is 0 Å². The lowest BCUT2D eigenvalue weighted by Gasteiger charge is -2.31. The molecule has 0 amide bonds. The van der Waals surface area contributed by atoms with E-state index in [0.29, 0.717) is 24.5 Å². The summed E-state index contributed by atoms with van der Waals surface area (Å²) >= 11 is 0. The number of rotatable bonds is 5. The molecule has 0 bridgehead atoms. The van der Waals surface area contributed by atoms with Crippen LogP contribution in [0.3, 0.4) is 0 Å². The van der Waals surface area contributed by atoms with Gasteiger partial charge in [-0.3, -0.25) is 5.10 Å². The minimum Gasteiger partial charge on any atom is -0.490 e. The van der Waals surface area contributed by atoms with Crippen molar-refractivity contribution in [3.05, 3.63) is 41.5 Å². The highest BCUT2D eigenvalue weighted by atomic mass is 32.2. The molecule has 1 aliphatic heterocycles. The number of benzene rings is 1. The number of para-hydroxylation sites is 1. The van der Waals surface area contributed by atoms with Crippen molar-refractivity contribution in [2.24, 2.45) is 5.92 Å². The Bertz CT molecular complexity index is 831. The molecule has 1 aromatic heterocycles. The number of H-pyrrole nitrogens is 1. The van der Waals surface area contributed by atoms with E-state index in [9.17, 15) is 12.8 Å². The molecule has 1 aromatic carbocycles. The van der Waals surface area contributed by atoms with Gasteiger partial charge in [0.2, 0.25) is 10.0 Å². The van der Waals surface area contributed by atoms with Crippen molar-refractivity contribution in [3.63, 3.8) is 0 Å². The molecule has 25 heavy (non-hydrogen) atoms. The van der Waals surface area contributed by atoms with Crippen LogP contribution < -0.4 is 4.74 Å². The van der Waals surface area contributed by atoms with E-state index in [1.54, 1.807) is 32.0 Å². The van der Waals surface area contributed by atoms with Crippen molar-refractivity contribution < 1.29 is 17.5 Å². The first-order valence-electron chi connectivity index (χ1n) is 8.28. The van der Waals surface area contributed by atoms with Crippen LogP contribution in [0.15, 0.2) is 29.2 Å². The number of aromatic amines is 1. The first kappa shape index (κ1) is 17.9. The predicted molar refractivity (Wildman–Crippen MR) is 91.4 cm³/mol. The van der Waals surface area contributed by atoms with E-state index in [-0.39, 0.29) is 23.2 Å². The van der Waals surface area contributed by atoms with Crippen molar-refractivity contribution in [2.45, 2.75) is 31.6 Å².